The zero-order valence-corrected chi connectivity index (χ0v) is 27.8. The molecule has 0 aromatic heterocycles. The van der Waals surface area contributed by atoms with Gasteiger partial charge < -0.3 is 29.5 Å². The van der Waals surface area contributed by atoms with Gasteiger partial charge in [-0.25, -0.2) is 4.79 Å². The van der Waals surface area contributed by atoms with Crippen molar-refractivity contribution in [3.8, 4) is 5.75 Å². The van der Waals surface area contributed by atoms with Crippen molar-refractivity contribution in [3.63, 3.8) is 0 Å². The second-order valence-corrected chi connectivity index (χ2v) is 13.4. The van der Waals surface area contributed by atoms with Crippen LogP contribution < -0.4 is 0 Å². The fraction of sp³-hybridized carbons (Fsp3) is 0.771. The van der Waals surface area contributed by atoms with Crippen LogP contribution in [0.1, 0.15) is 115 Å². The maximum absolute atomic E-state index is 13.9. The van der Waals surface area contributed by atoms with Gasteiger partial charge in [-0.15, -0.1) is 0 Å². The third-order valence-electron chi connectivity index (χ3n) is 10.8. The Kier molecular flexibility index (Phi) is 11.9. The predicted octanol–water partition coefficient (Wildman–Crippen LogP) is 5.93. The molecule has 8 heteroatoms. The molecule has 8 nitrogen and oxygen atoms in total. The number of benzene rings is 1. The summed E-state index contributed by atoms with van der Waals surface area (Å²) >= 11 is 0. The molecule has 10 atom stereocenters. The van der Waals surface area contributed by atoms with Gasteiger partial charge in [-0.3, -0.25) is 4.79 Å². The minimum Gasteiger partial charge on any atom is -0.507 e. The Balaban J connectivity index is 1.70. The molecule has 2 aliphatic heterocycles. The molecule has 244 valence electrons. The van der Waals surface area contributed by atoms with E-state index in [9.17, 15) is 24.9 Å². The van der Waals surface area contributed by atoms with E-state index in [1.807, 2.05) is 27.7 Å². The van der Waals surface area contributed by atoms with Crippen LogP contribution >= 0.6 is 0 Å². The molecule has 2 aliphatic rings. The number of phenols is 1. The number of ether oxygens (including phenoxy) is 3. The second kappa shape index (κ2) is 14.4. The lowest BCUT2D eigenvalue weighted by Gasteiger charge is -2.47. The van der Waals surface area contributed by atoms with Gasteiger partial charge in [-0.1, -0.05) is 53.7 Å². The van der Waals surface area contributed by atoms with Crippen molar-refractivity contribution in [2.24, 2.45) is 23.7 Å². The SMILES string of the molecule is CCC(C(=O)C(C)C(O)C(C)CCc1ccc(C)c(O)c1C(=O)OC)C1OC(CC)(C2CCC(O)(CC)C(C)O2)CC1C. The summed E-state index contributed by atoms with van der Waals surface area (Å²) < 4.78 is 18.2. The highest BCUT2D eigenvalue weighted by molar-refractivity contribution is 5.94. The highest BCUT2D eigenvalue weighted by Crippen LogP contribution is 2.48. The van der Waals surface area contributed by atoms with E-state index < -0.39 is 29.2 Å². The van der Waals surface area contributed by atoms with Crippen molar-refractivity contribution in [1.29, 1.82) is 0 Å². The monoisotopic (exact) mass is 604 g/mol. The summed E-state index contributed by atoms with van der Waals surface area (Å²) in [6, 6.07) is 3.57. The molecule has 0 radical (unpaired) electrons. The van der Waals surface area contributed by atoms with Crippen LogP contribution in [0.15, 0.2) is 12.1 Å². The normalized spacial score (nSPS) is 32.2. The van der Waals surface area contributed by atoms with Crippen molar-refractivity contribution in [3.05, 3.63) is 28.8 Å². The van der Waals surface area contributed by atoms with Gasteiger partial charge in [0.05, 0.1) is 42.7 Å². The van der Waals surface area contributed by atoms with Gasteiger partial charge in [0, 0.05) is 11.8 Å². The Bertz CT molecular complexity index is 1120. The first-order chi connectivity index (χ1) is 20.2. The standard InChI is InChI=1S/C35H56O8/c1-10-26(32-22(6)19-35(12-3,43-32)27-17-18-34(40,11-2)24(8)42-27)31(38)23(7)29(36)20(4)13-15-25-16-14-21(5)30(37)28(25)33(39)41-9/h14,16,20,22-24,26-27,29,32,36-37,40H,10-13,15,17-19H2,1-9H3. The maximum atomic E-state index is 13.9. The summed E-state index contributed by atoms with van der Waals surface area (Å²) in [7, 11) is 1.28. The third kappa shape index (κ3) is 7.13. The number of esters is 1. The van der Waals surface area contributed by atoms with Crippen LogP contribution in [0.3, 0.4) is 0 Å². The molecule has 0 spiro atoms. The lowest BCUT2D eigenvalue weighted by molar-refractivity contribution is -0.229. The molecule has 10 unspecified atom stereocenters. The Labute approximate surface area is 258 Å². The minimum absolute atomic E-state index is 0.00659. The molecule has 43 heavy (non-hydrogen) atoms. The van der Waals surface area contributed by atoms with Crippen LogP contribution in [0, 0.1) is 30.6 Å². The largest absolute Gasteiger partial charge is 0.507 e. The van der Waals surface area contributed by atoms with E-state index >= 15 is 0 Å². The molecule has 2 heterocycles. The van der Waals surface area contributed by atoms with Gasteiger partial charge in [-0.2, -0.15) is 0 Å². The Morgan fingerprint density at radius 2 is 1.81 bits per heavy atom. The smallest absolute Gasteiger partial charge is 0.341 e. The number of carbonyl (C=O) groups is 2. The van der Waals surface area contributed by atoms with E-state index in [4.69, 9.17) is 14.2 Å². The number of Topliss-reactive ketones (excluding diaryl/α,β-unsaturated/α-hetero) is 1. The summed E-state index contributed by atoms with van der Waals surface area (Å²) in [5.74, 6) is -1.70. The molecule has 1 aromatic carbocycles. The van der Waals surface area contributed by atoms with Crippen LogP contribution in [-0.2, 0) is 25.4 Å². The number of aliphatic hydroxyl groups is 2. The number of rotatable bonds is 13. The molecular weight excluding hydrogens is 548 g/mol. The lowest BCUT2D eigenvalue weighted by atomic mass is 9.76. The molecule has 2 saturated heterocycles. The summed E-state index contributed by atoms with van der Waals surface area (Å²) in [6.07, 6.45) is 3.60. The summed E-state index contributed by atoms with van der Waals surface area (Å²) in [5, 5.41) is 32.7. The maximum Gasteiger partial charge on any atom is 0.341 e. The van der Waals surface area contributed by atoms with Gasteiger partial charge in [0.1, 0.15) is 17.1 Å². The first kappa shape index (κ1) is 35.5. The molecule has 3 N–H and O–H groups in total. The Morgan fingerprint density at radius 3 is 2.37 bits per heavy atom. The highest BCUT2D eigenvalue weighted by Gasteiger charge is 2.55. The fourth-order valence-corrected chi connectivity index (χ4v) is 7.54. The van der Waals surface area contributed by atoms with E-state index in [1.165, 1.54) is 7.11 Å². The summed E-state index contributed by atoms with van der Waals surface area (Å²) in [5.41, 5.74) is 0.0687. The molecule has 0 amide bonds. The topological polar surface area (TPSA) is 123 Å². The number of ketones is 1. The van der Waals surface area contributed by atoms with E-state index in [0.29, 0.717) is 43.2 Å². The number of aromatic hydroxyl groups is 1. The minimum atomic E-state index is -0.871. The van der Waals surface area contributed by atoms with Crippen molar-refractivity contribution in [1.82, 2.24) is 0 Å². The summed E-state index contributed by atoms with van der Waals surface area (Å²) in [6.45, 7) is 15.6. The first-order valence-corrected chi connectivity index (χ1v) is 16.4. The van der Waals surface area contributed by atoms with Crippen molar-refractivity contribution < 1.29 is 39.1 Å². The lowest BCUT2D eigenvalue weighted by Crippen LogP contribution is -2.55. The molecule has 2 fully saturated rings. The van der Waals surface area contributed by atoms with Gasteiger partial charge in [0.2, 0.25) is 0 Å². The number of carbonyl (C=O) groups excluding carboxylic acids is 2. The van der Waals surface area contributed by atoms with Crippen molar-refractivity contribution in [2.75, 3.05) is 7.11 Å². The number of phenolic OH excluding ortho intramolecular Hbond substituents is 1. The van der Waals surface area contributed by atoms with Crippen LogP contribution in [-0.4, -0.2) is 69.8 Å². The second-order valence-electron chi connectivity index (χ2n) is 13.4. The number of methoxy groups -OCH3 is 1. The van der Waals surface area contributed by atoms with E-state index in [2.05, 4.69) is 13.8 Å². The van der Waals surface area contributed by atoms with Gasteiger partial charge >= 0.3 is 5.97 Å². The number of aryl methyl sites for hydroxylation is 2. The number of hydrogen-bond acceptors (Lipinski definition) is 8. The first-order valence-electron chi connectivity index (χ1n) is 16.4. The fourth-order valence-electron chi connectivity index (χ4n) is 7.54. The molecular formula is C35H56O8. The molecule has 1 aromatic rings. The van der Waals surface area contributed by atoms with Crippen molar-refractivity contribution in [2.45, 2.75) is 142 Å². The van der Waals surface area contributed by atoms with E-state index in [-0.39, 0.29) is 53.2 Å². The average molecular weight is 605 g/mol. The van der Waals surface area contributed by atoms with E-state index in [0.717, 1.165) is 19.3 Å². The molecule has 0 aliphatic carbocycles. The van der Waals surface area contributed by atoms with Gasteiger partial charge in [0.15, 0.2) is 0 Å². The van der Waals surface area contributed by atoms with Crippen LogP contribution in [0.4, 0.5) is 0 Å². The average Bonchev–Trinajstić information content (AvgIpc) is 3.34. The Hall–Kier alpha value is -2.00. The Morgan fingerprint density at radius 1 is 1.14 bits per heavy atom. The predicted molar refractivity (Wildman–Crippen MR) is 166 cm³/mol. The number of aliphatic hydroxyl groups excluding tert-OH is 1. The molecule has 3 rings (SSSR count). The van der Waals surface area contributed by atoms with Crippen LogP contribution in [0.5, 0.6) is 5.75 Å². The third-order valence-corrected chi connectivity index (χ3v) is 10.8. The summed E-state index contributed by atoms with van der Waals surface area (Å²) in [4.78, 5) is 26.3. The van der Waals surface area contributed by atoms with Crippen LogP contribution in [0.2, 0.25) is 0 Å². The van der Waals surface area contributed by atoms with Gasteiger partial charge in [-0.05, 0) is 88.2 Å². The molecule has 0 bridgehead atoms. The zero-order chi connectivity index (χ0) is 32.3. The highest BCUT2D eigenvalue weighted by atomic mass is 16.6. The van der Waals surface area contributed by atoms with E-state index in [1.54, 1.807) is 26.0 Å². The molecule has 0 saturated carbocycles. The number of hydrogen-bond donors (Lipinski definition) is 3. The van der Waals surface area contributed by atoms with Crippen LogP contribution in [0.25, 0.3) is 0 Å². The zero-order valence-electron chi connectivity index (χ0n) is 27.8. The quantitative estimate of drug-likeness (QED) is 0.237. The van der Waals surface area contributed by atoms with Crippen molar-refractivity contribution >= 4 is 11.8 Å². The van der Waals surface area contributed by atoms with Gasteiger partial charge in [0.25, 0.3) is 0 Å².